The van der Waals surface area contributed by atoms with E-state index in [1.54, 1.807) is 24.3 Å². The molecule has 190 valence electrons. The van der Waals surface area contributed by atoms with Crippen LogP contribution in [0.5, 0.6) is 11.5 Å². The van der Waals surface area contributed by atoms with E-state index in [-0.39, 0.29) is 18.6 Å². The van der Waals surface area contributed by atoms with Crippen molar-refractivity contribution in [2.75, 3.05) is 7.11 Å². The Kier molecular flexibility index (Phi) is 9.68. The molecule has 0 fully saturated rings. The van der Waals surface area contributed by atoms with E-state index in [9.17, 15) is 18.0 Å². The van der Waals surface area contributed by atoms with Crippen LogP contribution in [0.15, 0.2) is 62.6 Å². The third kappa shape index (κ3) is 7.38. The number of benzene rings is 3. The highest BCUT2D eigenvalue weighted by atomic mass is 79.9. The van der Waals surface area contributed by atoms with Crippen LogP contribution in [-0.2, 0) is 24.0 Å². The molecule has 3 rings (SSSR count). The van der Waals surface area contributed by atoms with Gasteiger partial charge >= 0.3 is 6.18 Å². The summed E-state index contributed by atoms with van der Waals surface area (Å²) in [6.45, 7) is 0.192. The lowest BCUT2D eigenvalue weighted by Gasteiger charge is -2.15. The minimum atomic E-state index is -4.49. The van der Waals surface area contributed by atoms with Gasteiger partial charge in [-0.05, 0) is 67.3 Å². The van der Waals surface area contributed by atoms with E-state index < -0.39 is 17.6 Å². The van der Waals surface area contributed by atoms with E-state index in [0.29, 0.717) is 36.1 Å². The Hall–Kier alpha value is -2.27. The average molecular weight is 669 g/mol. The van der Waals surface area contributed by atoms with Gasteiger partial charge in [0, 0.05) is 10.0 Å². The summed E-state index contributed by atoms with van der Waals surface area (Å²) in [6, 6.07) is 11.4. The third-order valence-electron chi connectivity index (χ3n) is 4.75. The Morgan fingerprint density at radius 3 is 2.47 bits per heavy atom. The molecule has 0 heterocycles. The Balaban J connectivity index is 1.69. The van der Waals surface area contributed by atoms with Gasteiger partial charge in [-0.1, -0.05) is 47.5 Å². The second kappa shape index (κ2) is 12.3. The lowest BCUT2D eigenvalue weighted by atomic mass is 10.1. The summed E-state index contributed by atoms with van der Waals surface area (Å²) in [5.74, 6) is 0.234. The number of hydrogen-bond acceptors (Lipinski definition) is 4. The van der Waals surface area contributed by atoms with E-state index in [2.05, 4.69) is 42.4 Å². The second-order valence-corrected chi connectivity index (χ2v) is 9.73. The van der Waals surface area contributed by atoms with E-state index in [1.165, 1.54) is 25.5 Å². The molecular weight excluding hydrogens is 652 g/mol. The summed E-state index contributed by atoms with van der Waals surface area (Å²) in [5.41, 5.74) is 3.04. The molecule has 0 aliphatic carbocycles. The van der Waals surface area contributed by atoms with Crippen LogP contribution in [0.4, 0.5) is 13.2 Å². The number of hydrogen-bond donors (Lipinski definition) is 1. The van der Waals surface area contributed by atoms with Crippen molar-refractivity contribution in [3.8, 4) is 11.5 Å². The molecule has 0 saturated heterocycles. The normalized spacial score (nSPS) is 11.6. The fourth-order valence-electron chi connectivity index (χ4n) is 3.03. The minimum absolute atomic E-state index is 0.192. The minimum Gasteiger partial charge on any atom is -0.493 e. The Morgan fingerprint density at radius 2 is 1.81 bits per heavy atom. The van der Waals surface area contributed by atoms with Crippen molar-refractivity contribution in [3.63, 3.8) is 0 Å². The summed E-state index contributed by atoms with van der Waals surface area (Å²) in [7, 11) is 1.47. The lowest BCUT2D eigenvalue weighted by molar-refractivity contribution is -0.137. The fraction of sp³-hybridized carbons (Fsp3) is 0.167. The highest BCUT2D eigenvalue weighted by Crippen LogP contribution is 2.42. The van der Waals surface area contributed by atoms with Crippen molar-refractivity contribution < 1.29 is 27.4 Å². The Bertz CT molecular complexity index is 1300. The van der Waals surface area contributed by atoms with Crippen LogP contribution in [0.1, 0.15) is 22.3 Å². The summed E-state index contributed by atoms with van der Waals surface area (Å²) in [4.78, 5) is 12.2. The van der Waals surface area contributed by atoms with Crippen molar-refractivity contribution in [1.82, 2.24) is 5.43 Å². The number of amides is 1. The molecule has 36 heavy (non-hydrogen) atoms. The summed E-state index contributed by atoms with van der Waals surface area (Å²) in [5, 5.41) is 4.75. The molecule has 1 N–H and O–H groups in total. The molecule has 12 heteroatoms. The molecule has 5 nitrogen and oxygen atoms in total. The van der Waals surface area contributed by atoms with Crippen molar-refractivity contribution in [3.05, 3.63) is 89.8 Å². The summed E-state index contributed by atoms with van der Waals surface area (Å²) in [6.07, 6.45) is -3.39. The fourth-order valence-corrected chi connectivity index (χ4v) is 4.28. The largest absolute Gasteiger partial charge is 0.493 e. The standard InChI is InChI=1S/C24H17Br2Cl2F3N2O3/c1-35-19-10-15(11-32-33-20(34)9-13-3-2-4-16(7-13)24(29,30)31)21(25)22(26)23(19)36-12-14-5-6-17(27)18(28)8-14/h2-8,10-11H,9,12H2,1H3,(H,33,34)/b32-11+. The van der Waals surface area contributed by atoms with Crippen LogP contribution in [-0.4, -0.2) is 19.2 Å². The molecule has 3 aromatic rings. The highest BCUT2D eigenvalue weighted by Gasteiger charge is 2.30. The molecule has 0 aliphatic rings. The molecule has 0 radical (unpaired) electrons. The molecule has 0 saturated carbocycles. The van der Waals surface area contributed by atoms with Crippen LogP contribution < -0.4 is 14.9 Å². The predicted molar refractivity (Wildman–Crippen MR) is 140 cm³/mol. The Morgan fingerprint density at radius 1 is 1.06 bits per heavy atom. The first-order valence-electron chi connectivity index (χ1n) is 10.1. The predicted octanol–water partition coefficient (Wildman–Crippen LogP) is 7.82. The van der Waals surface area contributed by atoms with Gasteiger partial charge in [0.1, 0.15) is 6.61 Å². The quantitative estimate of drug-likeness (QED) is 0.197. The monoisotopic (exact) mass is 666 g/mol. The average Bonchev–Trinajstić information content (AvgIpc) is 2.82. The molecule has 3 aromatic carbocycles. The number of alkyl halides is 3. The molecule has 0 aromatic heterocycles. The maximum atomic E-state index is 12.9. The first-order chi connectivity index (χ1) is 17.0. The molecular formula is C24H17Br2Cl2F3N2O3. The van der Waals surface area contributed by atoms with Gasteiger partial charge in [0.25, 0.3) is 0 Å². The smallest absolute Gasteiger partial charge is 0.416 e. The number of nitrogens with one attached hydrogen (secondary N) is 1. The van der Waals surface area contributed by atoms with Crippen molar-refractivity contribution >= 4 is 67.2 Å². The number of halogens is 7. The van der Waals surface area contributed by atoms with Crippen molar-refractivity contribution in [1.29, 1.82) is 0 Å². The van der Waals surface area contributed by atoms with Crippen molar-refractivity contribution in [2.24, 2.45) is 5.10 Å². The summed E-state index contributed by atoms with van der Waals surface area (Å²) < 4.78 is 51.0. The molecule has 0 atom stereocenters. The Labute approximate surface area is 231 Å². The third-order valence-corrected chi connectivity index (χ3v) is 7.64. The zero-order valence-electron chi connectivity index (χ0n) is 18.4. The highest BCUT2D eigenvalue weighted by molar-refractivity contribution is 9.13. The van der Waals surface area contributed by atoms with Crippen LogP contribution in [0.25, 0.3) is 0 Å². The van der Waals surface area contributed by atoms with E-state index in [0.717, 1.165) is 17.7 Å². The second-order valence-electron chi connectivity index (χ2n) is 7.33. The van der Waals surface area contributed by atoms with Crippen LogP contribution in [0.2, 0.25) is 10.0 Å². The molecule has 0 spiro atoms. The summed E-state index contributed by atoms with van der Waals surface area (Å²) >= 11 is 18.9. The first-order valence-corrected chi connectivity index (χ1v) is 12.4. The van der Waals surface area contributed by atoms with Crippen LogP contribution in [0, 0.1) is 0 Å². The van der Waals surface area contributed by atoms with Crippen molar-refractivity contribution in [2.45, 2.75) is 19.2 Å². The van der Waals surface area contributed by atoms with Crippen LogP contribution in [0.3, 0.4) is 0 Å². The maximum Gasteiger partial charge on any atom is 0.416 e. The zero-order chi connectivity index (χ0) is 26.5. The van der Waals surface area contributed by atoms with E-state index >= 15 is 0 Å². The maximum absolute atomic E-state index is 12.9. The number of rotatable bonds is 8. The van der Waals surface area contributed by atoms with Gasteiger partial charge < -0.3 is 9.47 Å². The van der Waals surface area contributed by atoms with Crippen LogP contribution >= 0.6 is 55.1 Å². The number of hydrazone groups is 1. The number of ether oxygens (including phenoxy) is 2. The topological polar surface area (TPSA) is 59.9 Å². The van der Waals surface area contributed by atoms with Gasteiger partial charge in [0.2, 0.25) is 5.91 Å². The molecule has 1 amide bonds. The molecule has 0 aliphatic heterocycles. The first kappa shape index (κ1) is 28.3. The van der Waals surface area contributed by atoms with E-state index in [1.807, 2.05) is 0 Å². The van der Waals surface area contributed by atoms with E-state index in [4.69, 9.17) is 32.7 Å². The van der Waals surface area contributed by atoms with Gasteiger partial charge in [-0.2, -0.15) is 18.3 Å². The lowest BCUT2D eigenvalue weighted by Crippen LogP contribution is -2.20. The van der Waals surface area contributed by atoms with Gasteiger partial charge in [-0.25, -0.2) is 5.43 Å². The zero-order valence-corrected chi connectivity index (χ0v) is 23.1. The van der Waals surface area contributed by atoms with Gasteiger partial charge in [-0.3, -0.25) is 4.79 Å². The number of methoxy groups -OCH3 is 1. The van der Waals surface area contributed by atoms with Gasteiger partial charge in [0.15, 0.2) is 11.5 Å². The number of carbonyl (C=O) groups excluding carboxylic acids is 1. The molecule has 0 bridgehead atoms. The van der Waals surface area contributed by atoms with Gasteiger partial charge in [0.05, 0.1) is 39.8 Å². The SMILES string of the molecule is COc1cc(/C=N/NC(=O)Cc2cccc(C(F)(F)F)c2)c(Br)c(Br)c1OCc1ccc(Cl)c(Cl)c1. The number of nitrogens with zero attached hydrogens (tertiary/aromatic N) is 1. The molecule has 0 unspecified atom stereocenters. The van der Waals surface area contributed by atoms with Gasteiger partial charge in [-0.15, -0.1) is 0 Å². The number of carbonyl (C=O) groups is 1.